The molecule has 1 aromatic heterocycles. The highest BCUT2D eigenvalue weighted by Crippen LogP contribution is 2.23. The molecule has 3 aromatic rings. The van der Waals surface area contributed by atoms with Crippen LogP contribution in [0, 0.1) is 6.92 Å². The van der Waals surface area contributed by atoms with Gasteiger partial charge in [0.1, 0.15) is 5.76 Å². The van der Waals surface area contributed by atoms with E-state index in [1.165, 1.54) is 42.5 Å². The van der Waals surface area contributed by atoms with Crippen molar-refractivity contribution in [2.75, 3.05) is 10.0 Å². The van der Waals surface area contributed by atoms with E-state index in [-0.39, 0.29) is 21.3 Å². The van der Waals surface area contributed by atoms with Crippen LogP contribution in [-0.4, -0.2) is 19.5 Å². The Morgan fingerprint density at radius 2 is 1.78 bits per heavy atom. The predicted octanol–water partition coefficient (Wildman–Crippen LogP) is 4.34. The standard InChI is InChI=1S/C17H13Cl2N3O4S/c1-10-8-16(21-26-10)22-27(24,25)13-5-3-12(4-6-13)20-17(23)14-9-11(18)2-7-15(14)19/h2-9H,1H3,(H,20,23)(H,21,22). The van der Waals surface area contributed by atoms with Gasteiger partial charge in [0, 0.05) is 16.8 Å². The largest absolute Gasteiger partial charge is 0.360 e. The number of benzene rings is 2. The number of carbonyl (C=O) groups excluding carboxylic acids is 1. The van der Waals surface area contributed by atoms with Gasteiger partial charge in [-0.3, -0.25) is 9.52 Å². The minimum Gasteiger partial charge on any atom is -0.360 e. The van der Waals surface area contributed by atoms with Crippen LogP contribution in [0.5, 0.6) is 0 Å². The number of anilines is 2. The van der Waals surface area contributed by atoms with Crippen molar-refractivity contribution in [1.29, 1.82) is 0 Å². The number of hydrogen-bond acceptors (Lipinski definition) is 5. The average Bonchev–Trinajstić information content (AvgIpc) is 3.01. The van der Waals surface area contributed by atoms with Crippen LogP contribution in [0.15, 0.2) is 57.9 Å². The molecule has 0 fully saturated rings. The zero-order valence-electron chi connectivity index (χ0n) is 13.9. The number of hydrogen-bond donors (Lipinski definition) is 2. The zero-order valence-corrected chi connectivity index (χ0v) is 16.2. The number of aromatic nitrogens is 1. The Morgan fingerprint density at radius 3 is 2.41 bits per heavy atom. The van der Waals surface area contributed by atoms with E-state index in [1.807, 2.05) is 0 Å². The number of rotatable bonds is 5. The molecule has 1 heterocycles. The molecular weight excluding hydrogens is 413 g/mol. The van der Waals surface area contributed by atoms with Gasteiger partial charge in [-0.1, -0.05) is 28.4 Å². The van der Waals surface area contributed by atoms with Gasteiger partial charge in [0.25, 0.3) is 15.9 Å². The fourth-order valence-corrected chi connectivity index (χ4v) is 3.56. The van der Waals surface area contributed by atoms with Crippen LogP contribution in [0.2, 0.25) is 10.0 Å². The molecule has 10 heteroatoms. The number of nitrogens with one attached hydrogen (secondary N) is 2. The molecule has 27 heavy (non-hydrogen) atoms. The zero-order chi connectivity index (χ0) is 19.6. The molecule has 0 unspecified atom stereocenters. The summed E-state index contributed by atoms with van der Waals surface area (Å²) in [6.45, 7) is 1.65. The summed E-state index contributed by atoms with van der Waals surface area (Å²) in [7, 11) is -3.83. The monoisotopic (exact) mass is 425 g/mol. The predicted molar refractivity (Wildman–Crippen MR) is 103 cm³/mol. The summed E-state index contributed by atoms with van der Waals surface area (Å²) in [5.74, 6) is 0.0974. The highest BCUT2D eigenvalue weighted by Gasteiger charge is 2.17. The third-order valence-electron chi connectivity index (χ3n) is 3.46. The molecule has 1 amide bonds. The van der Waals surface area contributed by atoms with E-state index in [1.54, 1.807) is 13.0 Å². The Kier molecular flexibility index (Phi) is 5.41. The molecule has 0 saturated heterocycles. The molecule has 0 radical (unpaired) electrons. The summed E-state index contributed by atoms with van der Waals surface area (Å²) in [5, 5.41) is 6.85. The Bertz CT molecular complexity index is 1100. The summed E-state index contributed by atoms with van der Waals surface area (Å²) in [6, 6.07) is 11.6. The van der Waals surface area contributed by atoms with Crippen molar-refractivity contribution in [1.82, 2.24) is 5.16 Å². The fraction of sp³-hybridized carbons (Fsp3) is 0.0588. The van der Waals surface area contributed by atoms with Crippen LogP contribution in [0.1, 0.15) is 16.1 Å². The van der Waals surface area contributed by atoms with Crippen molar-refractivity contribution in [2.24, 2.45) is 0 Å². The summed E-state index contributed by atoms with van der Waals surface area (Å²) >= 11 is 11.9. The number of amides is 1. The van der Waals surface area contributed by atoms with Gasteiger partial charge in [-0.2, -0.15) is 0 Å². The average molecular weight is 426 g/mol. The normalized spacial score (nSPS) is 11.2. The lowest BCUT2D eigenvalue weighted by Crippen LogP contribution is -2.14. The summed E-state index contributed by atoms with van der Waals surface area (Å²) in [5.41, 5.74) is 0.608. The Labute approximate surface area is 165 Å². The molecular formula is C17H13Cl2N3O4S. The fourth-order valence-electron chi connectivity index (χ4n) is 2.20. The van der Waals surface area contributed by atoms with E-state index in [0.29, 0.717) is 16.5 Å². The second kappa shape index (κ2) is 7.59. The maximum atomic E-state index is 12.3. The van der Waals surface area contributed by atoms with Crippen molar-refractivity contribution in [3.8, 4) is 0 Å². The molecule has 7 nitrogen and oxygen atoms in total. The van der Waals surface area contributed by atoms with Crippen LogP contribution in [0.3, 0.4) is 0 Å². The third-order valence-corrected chi connectivity index (χ3v) is 5.40. The minimum absolute atomic E-state index is 0.00180. The Balaban J connectivity index is 1.75. The first-order valence-electron chi connectivity index (χ1n) is 7.57. The molecule has 140 valence electrons. The number of nitrogens with zero attached hydrogens (tertiary/aromatic N) is 1. The van der Waals surface area contributed by atoms with Gasteiger partial charge in [-0.15, -0.1) is 0 Å². The molecule has 2 N–H and O–H groups in total. The molecule has 0 atom stereocenters. The summed E-state index contributed by atoms with van der Waals surface area (Å²) in [4.78, 5) is 12.3. The maximum absolute atomic E-state index is 12.3. The lowest BCUT2D eigenvalue weighted by molar-refractivity contribution is 0.102. The maximum Gasteiger partial charge on any atom is 0.263 e. The number of aryl methyl sites for hydroxylation is 1. The molecule has 0 aliphatic rings. The molecule has 2 aromatic carbocycles. The molecule has 0 aliphatic carbocycles. The van der Waals surface area contributed by atoms with Crippen LogP contribution < -0.4 is 10.0 Å². The van der Waals surface area contributed by atoms with Crippen LogP contribution >= 0.6 is 23.2 Å². The van der Waals surface area contributed by atoms with Crippen LogP contribution in [-0.2, 0) is 10.0 Å². The second-order valence-electron chi connectivity index (χ2n) is 5.53. The van der Waals surface area contributed by atoms with E-state index in [0.717, 1.165) is 0 Å². The first-order valence-corrected chi connectivity index (χ1v) is 9.81. The molecule has 0 aliphatic heterocycles. The topological polar surface area (TPSA) is 101 Å². The quantitative estimate of drug-likeness (QED) is 0.632. The van der Waals surface area contributed by atoms with E-state index in [2.05, 4.69) is 15.2 Å². The van der Waals surface area contributed by atoms with Gasteiger partial charge in [0.2, 0.25) is 0 Å². The van der Waals surface area contributed by atoms with Gasteiger partial charge in [-0.25, -0.2) is 8.42 Å². The number of sulfonamides is 1. The highest BCUT2D eigenvalue weighted by atomic mass is 35.5. The van der Waals surface area contributed by atoms with Gasteiger partial charge in [-0.05, 0) is 49.4 Å². The second-order valence-corrected chi connectivity index (χ2v) is 8.06. The molecule has 0 bridgehead atoms. The van der Waals surface area contributed by atoms with Gasteiger partial charge in [0.05, 0.1) is 15.5 Å². The smallest absolute Gasteiger partial charge is 0.263 e. The summed E-state index contributed by atoms with van der Waals surface area (Å²) < 4.78 is 31.8. The number of carbonyl (C=O) groups is 1. The molecule has 3 rings (SSSR count). The van der Waals surface area contributed by atoms with Crippen molar-refractivity contribution in [3.63, 3.8) is 0 Å². The summed E-state index contributed by atoms with van der Waals surface area (Å²) in [6.07, 6.45) is 0. The highest BCUT2D eigenvalue weighted by molar-refractivity contribution is 7.92. The first kappa shape index (κ1) is 19.2. The van der Waals surface area contributed by atoms with Crippen molar-refractivity contribution < 1.29 is 17.7 Å². The van der Waals surface area contributed by atoms with E-state index < -0.39 is 15.9 Å². The first-order chi connectivity index (χ1) is 12.7. The lowest BCUT2D eigenvalue weighted by atomic mass is 10.2. The van der Waals surface area contributed by atoms with Crippen LogP contribution in [0.4, 0.5) is 11.5 Å². The van der Waals surface area contributed by atoms with Crippen molar-refractivity contribution in [2.45, 2.75) is 11.8 Å². The molecule has 0 spiro atoms. The van der Waals surface area contributed by atoms with Crippen molar-refractivity contribution in [3.05, 3.63) is 69.9 Å². The Morgan fingerprint density at radius 1 is 1.07 bits per heavy atom. The third kappa shape index (κ3) is 4.60. The van der Waals surface area contributed by atoms with Crippen LogP contribution in [0.25, 0.3) is 0 Å². The van der Waals surface area contributed by atoms with Crippen molar-refractivity contribution >= 4 is 50.6 Å². The molecule has 0 saturated carbocycles. The van der Waals surface area contributed by atoms with Gasteiger partial charge >= 0.3 is 0 Å². The van der Waals surface area contributed by atoms with Gasteiger partial charge in [0.15, 0.2) is 5.82 Å². The lowest BCUT2D eigenvalue weighted by Gasteiger charge is -2.09. The van der Waals surface area contributed by atoms with E-state index in [9.17, 15) is 13.2 Å². The van der Waals surface area contributed by atoms with E-state index in [4.69, 9.17) is 27.7 Å². The Hall–Kier alpha value is -2.55. The van der Waals surface area contributed by atoms with Gasteiger partial charge < -0.3 is 9.84 Å². The number of halogens is 2. The van der Waals surface area contributed by atoms with E-state index >= 15 is 0 Å². The minimum atomic E-state index is -3.83. The SMILES string of the molecule is Cc1cc(NS(=O)(=O)c2ccc(NC(=O)c3cc(Cl)ccc3Cl)cc2)no1.